The first-order valence-corrected chi connectivity index (χ1v) is 6.58. The normalized spacial score (nSPS) is 11.6. The van der Waals surface area contributed by atoms with Gasteiger partial charge in [-0.05, 0) is 39.3 Å². The zero-order valence-electron chi connectivity index (χ0n) is 12.5. The van der Waals surface area contributed by atoms with E-state index >= 15 is 0 Å². The second-order valence-corrected chi connectivity index (χ2v) is 5.92. The zero-order valence-corrected chi connectivity index (χ0v) is 12.5. The third-order valence-electron chi connectivity index (χ3n) is 2.76. The van der Waals surface area contributed by atoms with Gasteiger partial charge in [-0.1, -0.05) is 0 Å². The molecule has 1 N–H and O–H groups in total. The molecule has 0 saturated heterocycles. The fourth-order valence-corrected chi connectivity index (χ4v) is 1.77. The van der Waals surface area contributed by atoms with Gasteiger partial charge in [-0.25, -0.2) is 0 Å². The number of benzene rings is 1. The Hall–Kier alpha value is -2.28. The van der Waals surface area contributed by atoms with Crippen LogP contribution in [0.3, 0.4) is 0 Å². The molecule has 0 aliphatic carbocycles. The number of hydrogen-bond donors (Lipinski definition) is 1. The third-order valence-corrected chi connectivity index (χ3v) is 2.76. The Morgan fingerprint density at radius 1 is 1.29 bits per heavy atom. The van der Waals surface area contributed by atoms with Crippen LogP contribution in [0.15, 0.2) is 22.6 Å². The minimum absolute atomic E-state index is 0.0116. The number of non-ortho nitro benzene ring substituents is 1. The number of aryl methyl sites for hydroxylation is 1. The Morgan fingerprint density at radius 3 is 2.62 bits per heavy atom. The van der Waals surface area contributed by atoms with Gasteiger partial charge in [0.05, 0.1) is 11.5 Å². The zero-order chi connectivity index (χ0) is 15.6. The molecule has 7 heteroatoms. The molecule has 0 radical (unpaired) electrons. The molecule has 2 rings (SSSR count). The largest absolute Gasteiger partial charge is 0.419 e. The maximum atomic E-state index is 10.9. The Bertz CT molecular complexity index is 658. The fourth-order valence-electron chi connectivity index (χ4n) is 1.77. The van der Waals surface area contributed by atoms with E-state index in [1.807, 2.05) is 20.8 Å². The lowest BCUT2D eigenvalue weighted by atomic mass is 10.1. The second kappa shape index (κ2) is 5.61. The number of aromatic nitrogens is 2. The molecular weight excluding hydrogens is 272 g/mol. The van der Waals surface area contributed by atoms with E-state index < -0.39 is 4.92 Å². The molecular formula is C14H18N4O3. The molecule has 0 saturated carbocycles. The monoisotopic (exact) mass is 290 g/mol. The Morgan fingerprint density at radius 2 is 2.00 bits per heavy atom. The Kier molecular flexibility index (Phi) is 4.04. The van der Waals surface area contributed by atoms with E-state index in [1.165, 1.54) is 12.1 Å². The molecule has 7 nitrogen and oxygen atoms in total. The summed E-state index contributed by atoms with van der Waals surface area (Å²) in [7, 11) is 0. The van der Waals surface area contributed by atoms with Crippen LogP contribution >= 0.6 is 0 Å². The van der Waals surface area contributed by atoms with Gasteiger partial charge in [0.1, 0.15) is 0 Å². The molecule has 0 aliphatic heterocycles. The summed E-state index contributed by atoms with van der Waals surface area (Å²) in [6.45, 7) is 8.34. The Labute approximate surface area is 122 Å². The number of nitrogens with one attached hydrogen (secondary N) is 1. The van der Waals surface area contributed by atoms with Crippen LogP contribution in [0.1, 0.15) is 32.2 Å². The van der Waals surface area contributed by atoms with Gasteiger partial charge in [-0.2, -0.15) is 0 Å². The van der Waals surface area contributed by atoms with Crippen molar-refractivity contribution in [3.8, 4) is 11.5 Å². The molecule has 1 aromatic carbocycles. The first-order valence-electron chi connectivity index (χ1n) is 6.58. The van der Waals surface area contributed by atoms with Crippen molar-refractivity contribution >= 4 is 5.69 Å². The number of nitro groups is 1. The van der Waals surface area contributed by atoms with Crippen LogP contribution in [-0.2, 0) is 6.54 Å². The van der Waals surface area contributed by atoms with Gasteiger partial charge in [0, 0.05) is 23.2 Å². The predicted molar refractivity (Wildman–Crippen MR) is 77.7 cm³/mol. The third kappa shape index (κ3) is 4.09. The molecule has 0 fully saturated rings. The van der Waals surface area contributed by atoms with Crippen LogP contribution in [0.5, 0.6) is 0 Å². The summed E-state index contributed by atoms with van der Waals surface area (Å²) in [5, 5.41) is 22.0. The van der Waals surface area contributed by atoms with Gasteiger partial charge in [-0.3, -0.25) is 10.1 Å². The molecule has 21 heavy (non-hydrogen) atoms. The van der Waals surface area contributed by atoms with Crippen LogP contribution in [-0.4, -0.2) is 20.7 Å². The number of rotatable bonds is 4. The molecule has 0 amide bonds. The number of nitro benzene ring substituents is 1. The lowest BCUT2D eigenvalue weighted by Crippen LogP contribution is -2.35. The highest BCUT2D eigenvalue weighted by molar-refractivity contribution is 5.59. The maximum Gasteiger partial charge on any atom is 0.270 e. The van der Waals surface area contributed by atoms with Gasteiger partial charge < -0.3 is 9.73 Å². The summed E-state index contributed by atoms with van der Waals surface area (Å²) in [5.74, 6) is 0.733. The highest BCUT2D eigenvalue weighted by Gasteiger charge is 2.15. The van der Waals surface area contributed by atoms with E-state index in [1.54, 1.807) is 13.0 Å². The minimum Gasteiger partial charge on any atom is -0.419 e. The fraction of sp³-hybridized carbons (Fsp3) is 0.429. The standard InChI is InChI=1S/C14H18N4O3/c1-9-5-10(7-11(6-9)18(19)20)13-17-16-12(21-13)8-15-14(2,3)4/h5-7,15H,8H2,1-4H3. The van der Waals surface area contributed by atoms with E-state index in [9.17, 15) is 10.1 Å². The van der Waals surface area contributed by atoms with E-state index in [0.29, 0.717) is 18.0 Å². The number of hydrogen-bond acceptors (Lipinski definition) is 6. The average Bonchev–Trinajstić information content (AvgIpc) is 2.83. The van der Waals surface area contributed by atoms with Crippen molar-refractivity contribution in [2.75, 3.05) is 0 Å². The quantitative estimate of drug-likeness (QED) is 0.687. The highest BCUT2D eigenvalue weighted by atomic mass is 16.6. The highest BCUT2D eigenvalue weighted by Crippen LogP contribution is 2.25. The van der Waals surface area contributed by atoms with Crippen LogP contribution in [0.25, 0.3) is 11.5 Å². The van der Waals surface area contributed by atoms with E-state index in [2.05, 4.69) is 15.5 Å². The van der Waals surface area contributed by atoms with Crippen molar-refractivity contribution in [3.63, 3.8) is 0 Å². The van der Waals surface area contributed by atoms with Crippen LogP contribution in [0.2, 0.25) is 0 Å². The van der Waals surface area contributed by atoms with Gasteiger partial charge in [-0.15, -0.1) is 10.2 Å². The second-order valence-electron chi connectivity index (χ2n) is 5.92. The summed E-state index contributed by atoms with van der Waals surface area (Å²) in [6, 6.07) is 4.71. The summed E-state index contributed by atoms with van der Waals surface area (Å²) in [4.78, 5) is 10.4. The molecule has 0 bridgehead atoms. The Balaban J connectivity index is 2.23. The summed E-state index contributed by atoms with van der Waals surface area (Å²) in [6.07, 6.45) is 0. The average molecular weight is 290 g/mol. The molecule has 0 atom stereocenters. The van der Waals surface area contributed by atoms with E-state index in [0.717, 1.165) is 5.56 Å². The van der Waals surface area contributed by atoms with Crippen LogP contribution in [0.4, 0.5) is 5.69 Å². The predicted octanol–water partition coefficient (Wildman–Crippen LogP) is 2.84. The SMILES string of the molecule is Cc1cc(-c2nnc(CNC(C)(C)C)o2)cc([N+](=O)[O-])c1. The lowest BCUT2D eigenvalue weighted by molar-refractivity contribution is -0.384. The van der Waals surface area contributed by atoms with Gasteiger partial charge in [0.2, 0.25) is 11.8 Å². The smallest absolute Gasteiger partial charge is 0.270 e. The van der Waals surface area contributed by atoms with Gasteiger partial charge in [0.25, 0.3) is 5.69 Å². The van der Waals surface area contributed by atoms with Crippen molar-refractivity contribution in [2.45, 2.75) is 39.8 Å². The lowest BCUT2D eigenvalue weighted by Gasteiger charge is -2.18. The van der Waals surface area contributed by atoms with Crippen LogP contribution in [0, 0.1) is 17.0 Å². The topological polar surface area (TPSA) is 94.1 Å². The first-order chi connectivity index (χ1) is 9.74. The molecule has 112 valence electrons. The summed E-state index contributed by atoms with van der Waals surface area (Å²) >= 11 is 0. The summed E-state index contributed by atoms with van der Waals surface area (Å²) in [5.41, 5.74) is 1.28. The maximum absolute atomic E-state index is 10.9. The number of nitrogens with zero attached hydrogens (tertiary/aromatic N) is 3. The molecule has 1 heterocycles. The van der Waals surface area contributed by atoms with Crippen molar-refractivity contribution in [2.24, 2.45) is 0 Å². The molecule has 0 aliphatic rings. The van der Waals surface area contributed by atoms with Crippen molar-refractivity contribution < 1.29 is 9.34 Å². The van der Waals surface area contributed by atoms with Gasteiger partial charge >= 0.3 is 0 Å². The molecule has 1 aromatic heterocycles. The minimum atomic E-state index is -0.436. The summed E-state index contributed by atoms with van der Waals surface area (Å²) < 4.78 is 5.55. The van der Waals surface area contributed by atoms with Crippen LogP contribution < -0.4 is 5.32 Å². The molecule has 0 spiro atoms. The van der Waals surface area contributed by atoms with Crippen molar-refractivity contribution in [1.82, 2.24) is 15.5 Å². The van der Waals surface area contributed by atoms with E-state index in [4.69, 9.17) is 4.42 Å². The first kappa shape index (κ1) is 15.1. The molecule has 2 aromatic rings. The van der Waals surface area contributed by atoms with Crippen molar-refractivity contribution in [3.05, 3.63) is 39.8 Å². The van der Waals surface area contributed by atoms with Gasteiger partial charge in [0.15, 0.2) is 0 Å². The van der Waals surface area contributed by atoms with Crippen molar-refractivity contribution in [1.29, 1.82) is 0 Å². The van der Waals surface area contributed by atoms with E-state index in [-0.39, 0.29) is 17.1 Å². The molecule has 0 unspecified atom stereocenters.